The summed E-state index contributed by atoms with van der Waals surface area (Å²) in [7, 11) is 0. The van der Waals surface area contributed by atoms with Gasteiger partial charge in [-0.2, -0.15) is 0 Å². The van der Waals surface area contributed by atoms with E-state index in [1.54, 1.807) is 11.8 Å². The fourth-order valence-electron chi connectivity index (χ4n) is 1.30. The second kappa shape index (κ2) is 3.60. The summed E-state index contributed by atoms with van der Waals surface area (Å²) in [5.41, 5.74) is 1.04. The Hall–Kier alpha value is -0.670. The molecule has 0 saturated carbocycles. The Morgan fingerprint density at radius 3 is 2.92 bits per heavy atom. The molecule has 0 amide bonds. The highest BCUT2D eigenvalue weighted by molar-refractivity contribution is 7.98. The normalized spacial score (nSPS) is 10.6. The number of hydrogen-bond acceptors (Lipinski definition) is 3. The molecule has 0 atom stereocenters. The number of pyridine rings is 1. The minimum Gasteiger partial charge on any atom is -0.255 e. The summed E-state index contributed by atoms with van der Waals surface area (Å²) in [4.78, 5) is 6.53. The number of hydrogen-bond donors (Lipinski definition) is 1. The summed E-state index contributed by atoms with van der Waals surface area (Å²) >= 11 is 6.10. The molecule has 3 heteroatoms. The van der Waals surface area contributed by atoms with Crippen molar-refractivity contribution in [3.05, 3.63) is 30.5 Å². The lowest BCUT2D eigenvalue weighted by atomic mass is 10.2. The smallest absolute Gasteiger partial charge is 0.0848 e. The van der Waals surface area contributed by atoms with Gasteiger partial charge < -0.3 is 0 Å². The molecule has 13 heavy (non-hydrogen) atoms. The van der Waals surface area contributed by atoms with E-state index < -0.39 is 0 Å². The van der Waals surface area contributed by atoms with Crippen LogP contribution in [0.2, 0.25) is 0 Å². The van der Waals surface area contributed by atoms with Gasteiger partial charge in [-0.25, -0.2) is 0 Å². The van der Waals surface area contributed by atoms with Gasteiger partial charge in [-0.05, 0) is 24.5 Å². The zero-order valence-corrected chi connectivity index (χ0v) is 8.90. The number of aromatic nitrogens is 1. The Balaban J connectivity index is 2.84. The van der Waals surface area contributed by atoms with Crippen LogP contribution in [0, 0.1) is 0 Å². The van der Waals surface area contributed by atoms with Gasteiger partial charge in [0.15, 0.2) is 0 Å². The minimum atomic E-state index is 0.987. The van der Waals surface area contributed by atoms with Gasteiger partial charge in [-0.1, -0.05) is 6.07 Å². The fourth-order valence-corrected chi connectivity index (χ4v) is 2.11. The largest absolute Gasteiger partial charge is 0.255 e. The third-order valence-electron chi connectivity index (χ3n) is 1.93. The lowest BCUT2D eigenvalue weighted by molar-refractivity contribution is 1.32. The Labute approximate surface area is 87.0 Å². The lowest BCUT2D eigenvalue weighted by Gasteiger charge is -2.04. The van der Waals surface area contributed by atoms with Crippen LogP contribution in [0.3, 0.4) is 0 Å². The molecule has 1 nitrogen and oxygen atoms in total. The first-order chi connectivity index (χ1) is 6.33. The number of fused-ring (bicyclic) bond motifs is 1. The molecular formula is C10H9NS2. The maximum atomic E-state index is 4.39. The molecule has 0 aliphatic rings. The van der Waals surface area contributed by atoms with Crippen molar-refractivity contribution in [2.45, 2.75) is 9.79 Å². The van der Waals surface area contributed by atoms with Crippen LogP contribution in [0.15, 0.2) is 40.3 Å². The third kappa shape index (κ3) is 1.54. The number of thioether (sulfide) groups is 1. The van der Waals surface area contributed by atoms with E-state index in [1.165, 1.54) is 4.90 Å². The fraction of sp³-hybridized carbons (Fsp3) is 0.100. The number of benzene rings is 1. The summed E-state index contributed by atoms with van der Waals surface area (Å²) in [6, 6.07) is 8.05. The van der Waals surface area contributed by atoms with Crippen LogP contribution in [-0.4, -0.2) is 11.2 Å². The molecule has 2 rings (SSSR count). The zero-order valence-electron chi connectivity index (χ0n) is 7.19. The number of nitrogens with zero attached hydrogens (tertiary/aromatic N) is 1. The molecule has 0 bridgehead atoms. The molecule has 0 fully saturated rings. The maximum Gasteiger partial charge on any atom is 0.0848 e. The van der Waals surface area contributed by atoms with Crippen molar-refractivity contribution in [1.29, 1.82) is 0 Å². The van der Waals surface area contributed by atoms with E-state index >= 15 is 0 Å². The summed E-state index contributed by atoms with van der Waals surface area (Å²) in [6.45, 7) is 0. The van der Waals surface area contributed by atoms with Gasteiger partial charge in [0, 0.05) is 21.4 Å². The predicted molar refractivity (Wildman–Crippen MR) is 60.8 cm³/mol. The van der Waals surface area contributed by atoms with Gasteiger partial charge in [0.2, 0.25) is 0 Å². The summed E-state index contributed by atoms with van der Waals surface area (Å²) < 4.78 is 0. The maximum absolute atomic E-state index is 4.39. The van der Waals surface area contributed by atoms with Crippen LogP contribution in [0.4, 0.5) is 0 Å². The van der Waals surface area contributed by atoms with Crippen LogP contribution in [0.1, 0.15) is 0 Å². The highest BCUT2D eigenvalue weighted by Crippen LogP contribution is 2.28. The molecule has 0 aliphatic heterocycles. The first-order valence-corrected chi connectivity index (χ1v) is 5.61. The Bertz CT molecular complexity index is 440. The van der Waals surface area contributed by atoms with Gasteiger partial charge in [-0.15, -0.1) is 24.4 Å². The number of rotatable bonds is 1. The molecule has 0 N–H and O–H groups in total. The van der Waals surface area contributed by atoms with Crippen LogP contribution in [0.5, 0.6) is 0 Å². The molecule has 1 aromatic heterocycles. The zero-order chi connectivity index (χ0) is 9.26. The second-order valence-corrected chi connectivity index (χ2v) is 4.02. The summed E-state index contributed by atoms with van der Waals surface area (Å²) in [5, 5.41) is 1.12. The van der Waals surface area contributed by atoms with E-state index in [0.717, 1.165) is 15.8 Å². The Morgan fingerprint density at radius 1 is 1.31 bits per heavy atom. The Kier molecular flexibility index (Phi) is 2.47. The van der Waals surface area contributed by atoms with Crippen LogP contribution in [-0.2, 0) is 0 Å². The van der Waals surface area contributed by atoms with E-state index in [1.807, 2.05) is 24.4 Å². The SMILES string of the molecule is CSc1ccc(S)c2cccnc12. The monoisotopic (exact) mass is 207 g/mol. The van der Waals surface area contributed by atoms with Crippen LogP contribution < -0.4 is 0 Å². The van der Waals surface area contributed by atoms with Crippen LogP contribution in [0.25, 0.3) is 10.9 Å². The standard InChI is InChI=1S/C10H9NS2/c1-13-9-5-4-8(12)7-3-2-6-11-10(7)9/h2-6,12H,1H3. The van der Waals surface area contributed by atoms with Crippen molar-refractivity contribution in [3.63, 3.8) is 0 Å². The van der Waals surface area contributed by atoms with Gasteiger partial charge in [0.25, 0.3) is 0 Å². The van der Waals surface area contributed by atoms with Gasteiger partial charge in [0.05, 0.1) is 5.52 Å². The first-order valence-electron chi connectivity index (χ1n) is 3.93. The van der Waals surface area contributed by atoms with E-state index in [4.69, 9.17) is 0 Å². The van der Waals surface area contributed by atoms with Gasteiger partial charge in [0.1, 0.15) is 0 Å². The molecule has 66 valence electrons. The first kappa shape index (κ1) is 8.91. The van der Waals surface area contributed by atoms with Crippen molar-refractivity contribution >= 4 is 35.3 Å². The van der Waals surface area contributed by atoms with Gasteiger partial charge >= 0.3 is 0 Å². The quantitative estimate of drug-likeness (QED) is 0.569. The third-order valence-corrected chi connectivity index (χ3v) is 3.09. The Morgan fingerprint density at radius 2 is 2.15 bits per heavy atom. The topological polar surface area (TPSA) is 12.9 Å². The van der Waals surface area contributed by atoms with Crippen molar-refractivity contribution in [3.8, 4) is 0 Å². The van der Waals surface area contributed by atoms with Crippen molar-refractivity contribution in [2.75, 3.05) is 6.26 Å². The molecule has 2 aromatic rings. The molecule has 0 unspecified atom stereocenters. The molecule has 1 aromatic carbocycles. The molecule has 1 heterocycles. The van der Waals surface area contributed by atoms with Crippen LogP contribution >= 0.6 is 24.4 Å². The van der Waals surface area contributed by atoms with E-state index in [2.05, 4.69) is 29.9 Å². The van der Waals surface area contributed by atoms with E-state index in [-0.39, 0.29) is 0 Å². The molecule has 0 spiro atoms. The molecule has 0 saturated heterocycles. The lowest BCUT2D eigenvalue weighted by Crippen LogP contribution is -1.82. The highest BCUT2D eigenvalue weighted by atomic mass is 32.2. The molecule has 0 radical (unpaired) electrons. The van der Waals surface area contributed by atoms with Crippen molar-refractivity contribution in [2.24, 2.45) is 0 Å². The second-order valence-electron chi connectivity index (χ2n) is 2.69. The molecular weight excluding hydrogens is 198 g/mol. The van der Waals surface area contributed by atoms with Gasteiger partial charge in [-0.3, -0.25) is 4.98 Å². The minimum absolute atomic E-state index is 0.987. The summed E-state index contributed by atoms with van der Waals surface area (Å²) in [6.07, 6.45) is 3.87. The van der Waals surface area contributed by atoms with Crippen molar-refractivity contribution in [1.82, 2.24) is 4.98 Å². The van der Waals surface area contributed by atoms with E-state index in [0.29, 0.717) is 0 Å². The van der Waals surface area contributed by atoms with E-state index in [9.17, 15) is 0 Å². The number of thiol groups is 1. The summed E-state index contributed by atoms with van der Waals surface area (Å²) in [5.74, 6) is 0. The predicted octanol–water partition coefficient (Wildman–Crippen LogP) is 3.25. The highest BCUT2D eigenvalue weighted by Gasteiger charge is 2.02. The van der Waals surface area contributed by atoms with Crippen molar-refractivity contribution < 1.29 is 0 Å². The average molecular weight is 207 g/mol. The average Bonchev–Trinajstić information content (AvgIpc) is 2.19. The molecule has 0 aliphatic carbocycles.